The molecule has 29 heavy (non-hydrogen) atoms. The van der Waals surface area contributed by atoms with E-state index in [4.69, 9.17) is 9.15 Å². The maximum absolute atomic E-state index is 5.59. The van der Waals surface area contributed by atoms with E-state index in [2.05, 4.69) is 44.2 Å². The first kappa shape index (κ1) is 23.2. The molecule has 1 aromatic carbocycles. The Morgan fingerprint density at radius 3 is 2.55 bits per heavy atom. The summed E-state index contributed by atoms with van der Waals surface area (Å²) in [6.45, 7) is 7.80. The predicted molar refractivity (Wildman–Crippen MR) is 129 cm³/mol. The minimum absolute atomic E-state index is 0. The molecule has 3 aromatic rings. The number of hydrogen-bond acceptors (Lipinski definition) is 5. The summed E-state index contributed by atoms with van der Waals surface area (Å²) in [6, 6.07) is 10.3. The number of thiophene rings is 1. The van der Waals surface area contributed by atoms with Gasteiger partial charge < -0.3 is 19.8 Å². The van der Waals surface area contributed by atoms with E-state index >= 15 is 0 Å². The molecule has 0 aliphatic heterocycles. The number of nitrogens with one attached hydrogen (secondary N) is 2. The molecule has 156 valence electrons. The van der Waals surface area contributed by atoms with E-state index in [0.717, 1.165) is 29.7 Å². The molecule has 3 rings (SSSR count). The van der Waals surface area contributed by atoms with Gasteiger partial charge in [0.2, 0.25) is 5.89 Å². The van der Waals surface area contributed by atoms with Gasteiger partial charge in [-0.15, -0.1) is 35.3 Å². The van der Waals surface area contributed by atoms with Crippen LogP contribution in [0.25, 0.3) is 11.1 Å². The summed E-state index contributed by atoms with van der Waals surface area (Å²) in [5, 5.41) is 8.80. The number of methoxy groups -OCH3 is 1. The third-order valence-corrected chi connectivity index (χ3v) is 5.23. The van der Waals surface area contributed by atoms with Gasteiger partial charge in [-0.05, 0) is 55.5 Å². The molecule has 6 nitrogen and oxygen atoms in total. The van der Waals surface area contributed by atoms with Crippen LogP contribution in [0.1, 0.15) is 29.1 Å². The molecule has 2 N–H and O–H groups in total. The molecule has 0 unspecified atom stereocenters. The van der Waals surface area contributed by atoms with Crippen molar-refractivity contribution in [3.8, 4) is 16.9 Å². The van der Waals surface area contributed by atoms with Gasteiger partial charge in [0.05, 0.1) is 19.3 Å². The van der Waals surface area contributed by atoms with Gasteiger partial charge in [-0.1, -0.05) is 12.1 Å². The highest BCUT2D eigenvalue weighted by molar-refractivity contribution is 14.0. The molecule has 2 aromatic heterocycles. The normalized spacial score (nSPS) is 11.1. The Bertz CT molecular complexity index is 915. The maximum atomic E-state index is 5.59. The topological polar surface area (TPSA) is 71.7 Å². The van der Waals surface area contributed by atoms with Crippen molar-refractivity contribution in [2.24, 2.45) is 4.99 Å². The number of aliphatic imine (C=N–C) groups is 1. The average molecular weight is 526 g/mol. The summed E-state index contributed by atoms with van der Waals surface area (Å²) < 4.78 is 10.8. The van der Waals surface area contributed by atoms with E-state index in [1.165, 1.54) is 16.0 Å². The number of rotatable bonds is 7. The molecule has 0 atom stereocenters. The van der Waals surface area contributed by atoms with Crippen molar-refractivity contribution in [1.29, 1.82) is 0 Å². The molecule has 0 aliphatic rings. The fraction of sp³-hybridized carbons (Fsp3) is 0.333. The van der Waals surface area contributed by atoms with Crippen LogP contribution in [0, 0.1) is 13.8 Å². The van der Waals surface area contributed by atoms with E-state index in [1.54, 1.807) is 18.4 Å². The van der Waals surface area contributed by atoms with Gasteiger partial charge in [-0.25, -0.2) is 9.98 Å². The van der Waals surface area contributed by atoms with Gasteiger partial charge in [0.25, 0.3) is 0 Å². The lowest BCUT2D eigenvalue weighted by Gasteiger charge is -2.09. The summed E-state index contributed by atoms with van der Waals surface area (Å²) in [6.07, 6.45) is 0. The lowest BCUT2D eigenvalue weighted by molar-refractivity contribution is 0.415. The highest BCUT2D eigenvalue weighted by Gasteiger charge is 2.07. The minimum Gasteiger partial charge on any atom is -0.497 e. The minimum atomic E-state index is 0. The highest BCUT2D eigenvalue weighted by atomic mass is 127. The predicted octanol–water partition coefficient (Wildman–Crippen LogP) is 4.90. The van der Waals surface area contributed by atoms with E-state index in [-0.39, 0.29) is 24.0 Å². The summed E-state index contributed by atoms with van der Waals surface area (Å²) in [4.78, 5) is 10.2. The Hall–Kier alpha value is -2.07. The van der Waals surface area contributed by atoms with Gasteiger partial charge in [0, 0.05) is 11.4 Å². The summed E-state index contributed by atoms with van der Waals surface area (Å²) in [5.74, 6) is 3.08. The zero-order valence-electron chi connectivity index (χ0n) is 17.1. The van der Waals surface area contributed by atoms with Crippen LogP contribution in [0.5, 0.6) is 5.75 Å². The molecule has 8 heteroatoms. The molecule has 0 bridgehead atoms. The van der Waals surface area contributed by atoms with Crippen molar-refractivity contribution in [2.75, 3.05) is 13.7 Å². The molecule has 2 heterocycles. The number of halogens is 1. The fourth-order valence-electron chi connectivity index (χ4n) is 2.67. The van der Waals surface area contributed by atoms with Crippen molar-refractivity contribution in [1.82, 2.24) is 15.6 Å². The number of benzene rings is 1. The fourth-order valence-corrected chi connectivity index (χ4v) is 3.51. The average Bonchev–Trinajstić information content (AvgIpc) is 3.31. The Morgan fingerprint density at radius 1 is 1.17 bits per heavy atom. The standard InChI is InChI=1S/C21H26N4O2S.HI/c1-5-22-21(24-12-20-25-14(2)15(3)27-20)23-11-19-10-17(13-28-19)16-6-8-18(26-4)9-7-16;/h6-10,13H,5,11-12H2,1-4H3,(H2,22,23,24);1H. The monoisotopic (exact) mass is 526 g/mol. The van der Waals surface area contributed by atoms with E-state index in [9.17, 15) is 0 Å². The van der Waals surface area contributed by atoms with Gasteiger partial charge in [-0.3, -0.25) is 0 Å². The Morgan fingerprint density at radius 2 is 1.93 bits per heavy atom. The molecule has 0 aliphatic carbocycles. The van der Waals surface area contributed by atoms with Crippen molar-refractivity contribution in [3.05, 3.63) is 57.9 Å². The lowest BCUT2D eigenvalue weighted by atomic mass is 10.1. The van der Waals surface area contributed by atoms with Crippen LogP contribution in [0.15, 0.2) is 45.1 Å². The van der Waals surface area contributed by atoms with Gasteiger partial charge >= 0.3 is 0 Å². The van der Waals surface area contributed by atoms with Gasteiger partial charge in [0.15, 0.2) is 5.96 Å². The van der Waals surface area contributed by atoms with Crippen molar-refractivity contribution < 1.29 is 9.15 Å². The number of hydrogen-bond donors (Lipinski definition) is 2. The van der Waals surface area contributed by atoms with Crippen molar-refractivity contribution >= 4 is 41.3 Å². The number of aromatic nitrogens is 1. The molecule has 0 fully saturated rings. The van der Waals surface area contributed by atoms with Crippen LogP contribution in [-0.2, 0) is 13.1 Å². The summed E-state index contributed by atoms with van der Waals surface area (Å²) in [7, 11) is 1.68. The number of aryl methyl sites for hydroxylation is 2. The molecule has 0 saturated carbocycles. The number of oxazole rings is 1. The van der Waals surface area contributed by atoms with E-state index in [1.807, 2.05) is 32.9 Å². The SMILES string of the molecule is CCNC(=NCc1nc(C)c(C)o1)NCc1cc(-c2ccc(OC)cc2)cs1.I. The van der Waals surface area contributed by atoms with Crippen molar-refractivity contribution in [3.63, 3.8) is 0 Å². The molecular weight excluding hydrogens is 499 g/mol. The van der Waals surface area contributed by atoms with Gasteiger partial charge in [0.1, 0.15) is 18.1 Å². The first-order valence-corrected chi connectivity index (χ1v) is 10.1. The number of guanidine groups is 1. The van der Waals surface area contributed by atoms with Crippen LogP contribution in [-0.4, -0.2) is 24.6 Å². The van der Waals surface area contributed by atoms with Crippen LogP contribution < -0.4 is 15.4 Å². The van der Waals surface area contributed by atoms with Gasteiger partial charge in [-0.2, -0.15) is 0 Å². The largest absolute Gasteiger partial charge is 0.497 e. The van der Waals surface area contributed by atoms with Crippen LogP contribution >= 0.6 is 35.3 Å². The second-order valence-electron chi connectivity index (χ2n) is 6.33. The Kier molecular flexibility index (Phi) is 8.97. The maximum Gasteiger partial charge on any atom is 0.216 e. The molecule has 0 radical (unpaired) electrons. The highest BCUT2D eigenvalue weighted by Crippen LogP contribution is 2.27. The van der Waals surface area contributed by atoms with Crippen LogP contribution in [0.4, 0.5) is 0 Å². The van der Waals surface area contributed by atoms with E-state index in [0.29, 0.717) is 19.0 Å². The Labute approximate surface area is 192 Å². The molecule has 0 saturated heterocycles. The first-order chi connectivity index (χ1) is 13.6. The Balaban J connectivity index is 0.00000300. The third-order valence-electron chi connectivity index (χ3n) is 4.30. The summed E-state index contributed by atoms with van der Waals surface area (Å²) >= 11 is 1.73. The molecule has 0 spiro atoms. The second-order valence-corrected chi connectivity index (χ2v) is 7.32. The second kappa shape index (κ2) is 11.2. The first-order valence-electron chi connectivity index (χ1n) is 9.26. The number of ether oxygens (including phenoxy) is 1. The smallest absolute Gasteiger partial charge is 0.216 e. The quantitative estimate of drug-likeness (QED) is 0.260. The molecule has 0 amide bonds. The third kappa shape index (κ3) is 6.46. The lowest BCUT2D eigenvalue weighted by Crippen LogP contribution is -2.36. The van der Waals surface area contributed by atoms with E-state index < -0.39 is 0 Å². The molecular formula is C21H27IN4O2S. The zero-order chi connectivity index (χ0) is 19.9. The van der Waals surface area contributed by atoms with Crippen molar-refractivity contribution in [2.45, 2.75) is 33.9 Å². The zero-order valence-corrected chi connectivity index (χ0v) is 20.3. The van der Waals surface area contributed by atoms with Crippen LogP contribution in [0.2, 0.25) is 0 Å². The number of nitrogens with zero attached hydrogens (tertiary/aromatic N) is 2. The summed E-state index contributed by atoms with van der Waals surface area (Å²) in [5.41, 5.74) is 3.29. The van der Waals surface area contributed by atoms with Crippen LogP contribution in [0.3, 0.4) is 0 Å².